The molecule has 112 valence electrons. The van der Waals surface area contributed by atoms with Crippen molar-refractivity contribution in [3.8, 4) is 11.9 Å². The van der Waals surface area contributed by atoms with Crippen LogP contribution in [0, 0.1) is 18.3 Å². The third kappa shape index (κ3) is 2.83. The molecule has 0 fully saturated rings. The van der Waals surface area contributed by atoms with E-state index in [1.54, 1.807) is 44.2 Å². The molecule has 1 atom stereocenters. The van der Waals surface area contributed by atoms with Crippen LogP contribution in [0.1, 0.15) is 34.6 Å². The molecule has 0 aliphatic rings. The van der Waals surface area contributed by atoms with Gasteiger partial charge in [-0.15, -0.1) is 0 Å². The summed E-state index contributed by atoms with van der Waals surface area (Å²) in [7, 11) is 0. The largest absolute Gasteiger partial charge is 0.494 e. The summed E-state index contributed by atoms with van der Waals surface area (Å²) in [5, 5.41) is 21.6. The van der Waals surface area contributed by atoms with Crippen LogP contribution < -0.4 is 10.9 Å². The van der Waals surface area contributed by atoms with E-state index >= 15 is 0 Å². The number of hydrogen-bond donors (Lipinski definition) is 2. The Labute approximate surface area is 127 Å². The van der Waals surface area contributed by atoms with Crippen molar-refractivity contribution in [2.45, 2.75) is 20.0 Å². The Bertz CT molecular complexity index is 804. The fraction of sp³-hybridized carbons (Fsp3) is 0.188. The Kier molecular flexibility index (Phi) is 4.28. The molecule has 22 heavy (non-hydrogen) atoms. The van der Waals surface area contributed by atoms with Gasteiger partial charge in [-0.2, -0.15) is 5.26 Å². The molecular formula is C16H15N3O3. The van der Waals surface area contributed by atoms with E-state index in [1.807, 2.05) is 6.07 Å². The summed E-state index contributed by atoms with van der Waals surface area (Å²) in [6.45, 7) is 3.12. The summed E-state index contributed by atoms with van der Waals surface area (Å²) in [6.07, 6.45) is -0.798. The van der Waals surface area contributed by atoms with Crippen molar-refractivity contribution in [3.63, 3.8) is 0 Å². The second-order valence-electron chi connectivity index (χ2n) is 4.86. The molecule has 1 amide bonds. The van der Waals surface area contributed by atoms with Gasteiger partial charge in [-0.25, -0.2) is 0 Å². The topological polar surface area (TPSA) is 95.1 Å². The van der Waals surface area contributed by atoms with Gasteiger partial charge in [-0.05, 0) is 31.5 Å². The molecule has 0 aliphatic heterocycles. The summed E-state index contributed by atoms with van der Waals surface area (Å²) in [6, 6.07) is 11.7. The molecule has 1 aromatic heterocycles. The summed E-state index contributed by atoms with van der Waals surface area (Å²) >= 11 is 0. The molecular weight excluding hydrogens is 282 g/mol. The smallest absolute Gasteiger partial charge is 0.273 e. The lowest BCUT2D eigenvalue weighted by molar-refractivity contribution is 0.0922. The van der Waals surface area contributed by atoms with E-state index in [4.69, 9.17) is 5.26 Å². The SMILES string of the molecule is Cc1cc(O)n(C(C)NC(=O)c2ccccc2)c(=O)c1C#N. The monoisotopic (exact) mass is 297 g/mol. The van der Waals surface area contributed by atoms with Crippen molar-refractivity contribution in [2.75, 3.05) is 0 Å². The van der Waals surface area contributed by atoms with Crippen LogP contribution in [0.5, 0.6) is 5.88 Å². The Morgan fingerprint density at radius 1 is 1.36 bits per heavy atom. The van der Waals surface area contributed by atoms with Crippen molar-refractivity contribution in [1.29, 1.82) is 5.26 Å². The molecule has 6 nitrogen and oxygen atoms in total. The van der Waals surface area contributed by atoms with Gasteiger partial charge in [0.2, 0.25) is 0 Å². The lowest BCUT2D eigenvalue weighted by Crippen LogP contribution is -2.37. The van der Waals surface area contributed by atoms with E-state index in [9.17, 15) is 14.7 Å². The Hall–Kier alpha value is -3.07. The van der Waals surface area contributed by atoms with E-state index in [-0.39, 0.29) is 17.4 Å². The number of amides is 1. The second kappa shape index (κ2) is 6.14. The first-order valence-electron chi connectivity index (χ1n) is 6.66. The number of nitriles is 1. The first kappa shape index (κ1) is 15.3. The fourth-order valence-electron chi connectivity index (χ4n) is 2.17. The maximum absolute atomic E-state index is 12.2. The Morgan fingerprint density at radius 3 is 2.59 bits per heavy atom. The third-order valence-corrected chi connectivity index (χ3v) is 3.29. The zero-order chi connectivity index (χ0) is 16.3. The third-order valence-electron chi connectivity index (χ3n) is 3.29. The number of nitrogens with one attached hydrogen (secondary N) is 1. The molecule has 2 aromatic rings. The van der Waals surface area contributed by atoms with E-state index in [2.05, 4.69) is 5.32 Å². The minimum Gasteiger partial charge on any atom is -0.494 e. The molecule has 0 bridgehead atoms. The number of carbonyl (C=O) groups is 1. The van der Waals surface area contributed by atoms with Crippen LogP contribution in [0.2, 0.25) is 0 Å². The first-order valence-corrected chi connectivity index (χ1v) is 6.66. The first-order chi connectivity index (χ1) is 10.5. The van der Waals surface area contributed by atoms with Gasteiger partial charge in [0.1, 0.15) is 17.8 Å². The number of carbonyl (C=O) groups excluding carboxylic acids is 1. The number of hydrogen-bond acceptors (Lipinski definition) is 4. The van der Waals surface area contributed by atoms with Gasteiger partial charge in [-0.3, -0.25) is 14.2 Å². The molecule has 0 saturated carbocycles. The lowest BCUT2D eigenvalue weighted by atomic mass is 10.1. The van der Waals surface area contributed by atoms with E-state index < -0.39 is 11.7 Å². The Balaban J connectivity index is 2.35. The van der Waals surface area contributed by atoms with Crippen molar-refractivity contribution in [2.24, 2.45) is 0 Å². The number of rotatable bonds is 3. The lowest BCUT2D eigenvalue weighted by Gasteiger charge is -2.19. The highest BCUT2D eigenvalue weighted by Gasteiger charge is 2.18. The molecule has 1 aromatic carbocycles. The van der Waals surface area contributed by atoms with Gasteiger partial charge >= 0.3 is 0 Å². The summed E-state index contributed by atoms with van der Waals surface area (Å²) < 4.78 is 0.979. The van der Waals surface area contributed by atoms with Crippen LogP contribution in [0.3, 0.4) is 0 Å². The minimum atomic E-state index is -0.798. The molecule has 1 unspecified atom stereocenters. The van der Waals surface area contributed by atoms with Crippen LogP contribution in [0.15, 0.2) is 41.2 Å². The second-order valence-corrected chi connectivity index (χ2v) is 4.86. The van der Waals surface area contributed by atoms with Crippen molar-refractivity contribution in [3.05, 3.63) is 63.4 Å². The number of aryl methyl sites for hydroxylation is 1. The highest BCUT2D eigenvalue weighted by molar-refractivity contribution is 5.94. The Morgan fingerprint density at radius 2 is 2.00 bits per heavy atom. The minimum absolute atomic E-state index is 0.0568. The average Bonchev–Trinajstić information content (AvgIpc) is 2.48. The highest BCUT2D eigenvalue weighted by atomic mass is 16.3. The van der Waals surface area contributed by atoms with E-state index in [0.717, 1.165) is 4.57 Å². The van der Waals surface area contributed by atoms with Crippen LogP contribution >= 0.6 is 0 Å². The van der Waals surface area contributed by atoms with Crippen LogP contribution in [-0.2, 0) is 0 Å². The molecule has 2 N–H and O–H groups in total. The van der Waals surface area contributed by atoms with Gasteiger partial charge in [0.05, 0.1) is 0 Å². The van der Waals surface area contributed by atoms with Crippen molar-refractivity contribution >= 4 is 5.91 Å². The summed E-state index contributed by atoms with van der Waals surface area (Å²) in [5.74, 6) is -0.680. The average molecular weight is 297 g/mol. The van der Waals surface area contributed by atoms with Crippen LogP contribution in [0.4, 0.5) is 0 Å². The molecule has 0 radical (unpaired) electrons. The molecule has 0 saturated heterocycles. The normalized spacial score (nSPS) is 11.5. The summed E-state index contributed by atoms with van der Waals surface area (Å²) in [5.41, 5.74) is 0.136. The molecule has 0 aliphatic carbocycles. The van der Waals surface area contributed by atoms with Crippen molar-refractivity contribution in [1.82, 2.24) is 9.88 Å². The molecule has 6 heteroatoms. The highest BCUT2D eigenvalue weighted by Crippen LogP contribution is 2.16. The van der Waals surface area contributed by atoms with Gasteiger partial charge in [-0.1, -0.05) is 18.2 Å². The molecule has 1 heterocycles. The van der Waals surface area contributed by atoms with E-state index in [1.165, 1.54) is 6.07 Å². The molecule has 2 rings (SSSR count). The standard InChI is InChI=1S/C16H15N3O3/c1-10-8-14(20)19(16(22)13(10)9-17)11(2)18-15(21)12-6-4-3-5-7-12/h3-8,11,20H,1-2H3,(H,18,21). The number of nitrogens with zero attached hydrogens (tertiary/aromatic N) is 2. The molecule has 0 spiro atoms. The predicted molar refractivity (Wildman–Crippen MR) is 80.4 cm³/mol. The zero-order valence-corrected chi connectivity index (χ0v) is 12.2. The van der Waals surface area contributed by atoms with Gasteiger partial charge < -0.3 is 10.4 Å². The quantitative estimate of drug-likeness (QED) is 0.901. The van der Waals surface area contributed by atoms with Gasteiger partial charge in [0.25, 0.3) is 11.5 Å². The number of aromatic nitrogens is 1. The van der Waals surface area contributed by atoms with Gasteiger partial charge in [0.15, 0.2) is 5.88 Å². The fourth-order valence-corrected chi connectivity index (χ4v) is 2.17. The van der Waals surface area contributed by atoms with Gasteiger partial charge in [0, 0.05) is 11.6 Å². The van der Waals surface area contributed by atoms with Crippen LogP contribution in [0.25, 0.3) is 0 Å². The number of aromatic hydroxyl groups is 1. The summed E-state index contributed by atoms with van der Waals surface area (Å²) in [4.78, 5) is 24.3. The zero-order valence-electron chi connectivity index (χ0n) is 12.2. The van der Waals surface area contributed by atoms with E-state index in [0.29, 0.717) is 11.1 Å². The number of benzene rings is 1. The van der Waals surface area contributed by atoms with Crippen molar-refractivity contribution < 1.29 is 9.90 Å². The maximum Gasteiger partial charge on any atom is 0.273 e. The maximum atomic E-state index is 12.2. The predicted octanol–water partition coefficient (Wildman–Crippen LogP) is 1.68. The number of pyridine rings is 1. The van der Waals surface area contributed by atoms with Crippen LogP contribution in [-0.4, -0.2) is 15.6 Å².